The molecule has 0 saturated carbocycles. The standard InChI is InChI=1S/C12H17NO3/c1-8-9(6-5-7-10(8)14)11(15)13-16-12(2,3)4/h5-7,14H,1-4H3,(H,13,15). The van der Waals surface area contributed by atoms with Gasteiger partial charge in [0.1, 0.15) is 5.75 Å². The highest BCUT2D eigenvalue weighted by atomic mass is 16.7. The molecular weight excluding hydrogens is 206 g/mol. The first kappa shape index (κ1) is 12.5. The molecule has 4 nitrogen and oxygen atoms in total. The molecule has 1 rings (SSSR count). The Hall–Kier alpha value is -1.55. The van der Waals surface area contributed by atoms with Gasteiger partial charge >= 0.3 is 0 Å². The second-order valence-corrected chi connectivity index (χ2v) is 4.60. The number of carbonyl (C=O) groups is 1. The minimum Gasteiger partial charge on any atom is -0.508 e. The molecule has 0 aliphatic heterocycles. The summed E-state index contributed by atoms with van der Waals surface area (Å²) in [7, 11) is 0. The molecule has 1 amide bonds. The van der Waals surface area contributed by atoms with E-state index in [1.54, 1.807) is 19.1 Å². The third-order valence-electron chi connectivity index (χ3n) is 2.00. The highest BCUT2D eigenvalue weighted by molar-refractivity contribution is 5.95. The van der Waals surface area contributed by atoms with Crippen LogP contribution >= 0.6 is 0 Å². The average Bonchev–Trinajstić information content (AvgIpc) is 2.17. The largest absolute Gasteiger partial charge is 0.508 e. The Morgan fingerprint density at radius 3 is 2.56 bits per heavy atom. The Labute approximate surface area is 95.2 Å². The maximum atomic E-state index is 11.7. The number of carbonyl (C=O) groups excluding carboxylic acids is 1. The molecule has 0 saturated heterocycles. The lowest BCUT2D eigenvalue weighted by molar-refractivity contribution is -0.0590. The minimum atomic E-state index is -0.444. The van der Waals surface area contributed by atoms with Crippen molar-refractivity contribution in [3.8, 4) is 5.75 Å². The van der Waals surface area contributed by atoms with Crippen LogP contribution in [0.15, 0.2) is 18.2 Å². The molecule has 0 unspecified atom stereocenters. The van der Waals surface area contributed by atoms with E-state index in [-0.39, 0.29) is 11.7 Å². The summed E-state index contributed by atoms with van der Waals surface area (Å²) in [6.07, 6.45) is 0. The van der Waals surface area contributed by atoms with Crippen LogP contribution in [0.3, 0.4) is 0 Å². The van der Waals surface area contributed by atoms with Gasteiger partial charge in [0.25, 0.3) is 5.91 Å². The van der Waals surface area contributed by atoms with E-state index >= 15 is 0 Å². The maximum absolute atomic E-state index is 11.7. The zero-order valence-electron chi connectivity index (χ0n) is 10.00. The van der Waals surface area contributed by atoms with Gasteiger partial charge in [0, 0.05) is 11.1 Å². The monoisotopic (exact) mass is 223 g/mol. The summed E-state index contributed by atoms with van der Waals surface area (Å²) in [6.45, 7) is 7.19. The second-order valence-electron chi connectivity index (χ2n) is 4.60. The van der Waals surface area contributed by atoms with Crippen molar-refractivity contribution >= 4 is 5.91 Å². The summed E-state index contributed by atoms with van der Waals surface area (Å²) in [6, 6.07) is 4.79. The Morgan fingerprint density at radius 2 is 2.00 bits per heavy atom. The summed E-state index contributed by atoms with van der Waals surface area (Å²) >= 11 is 0. The lowest BCUT2D eigenvalue weighted by Crippen LogP contribution is -2.33. The predicted molar refractivity (Wildman–Crippen MR) is 61.1 cm³/mol. The number of hydrogen-bond donors (Lipinski definition) is 2. The summed E-state index contributed by atoms with van der Waals surface area (Å²) in [4.78, 5) is 16.9. The summed E-state index contributed by atoms with van der Waals surface area (Å²) in [5.74, 6) is -0.258. The molecule has 0 atom stereocenters. The fourth-order valence-electron chi connectivity index (χ4n) is 1.12. The molecule has 0 aromatic heterocycles. The third-order valence-corrected chi connectivity index (χ3v) is 2.00. The molecule has 0 bridgehead atoms. The number of aromatic hydroxyl groups is 1. The van der Waals surface area contributed by atoms with Gasteiger partial charge < -0.3 is 5.11 Å². The van der Waals surface area contributed by atoms with E-state index in [4.69, 9.17) is 4.84 Å². The smallest absolute Gasteiger partial charge is 0.275 e. The van der Waals surface area contributed by atoms with Crippen LogP contribution in [0, 0.1) is 6.92 Å². The molecule has 4 heteroatoms. The van der Waals surface area contributed by atoms with Crippen LogP contribution < -0.4 is 5.48 Å². The van der Waals surface area contributed by atoms with Gasteiger partial charge in [0.05, 0.1) is 5.60 Å². The SMILES string of the molecule is Cc1c(O)cccc1C(=O)NOC(C)(C)C. The molecular formula is C12H17NO3. The van der Waals surface area contributed by atoms with E-state index in [0.717, 1.165) is 0 Å². The second kappa shape index (κ2) is 4.53. The molecule has 1 aromatic rings. The molecule has 0 radical (unpaired) electrons. The molecule has 1 aromatic carbocycles. The van der Waals surface area contributed by atoms with Crippen LogP contribution in [0.4, 0.5) is 0 Å². The molecule has 0 spiro atoms. The molecule has 2 N–H and O–H groups in total. The fraction of sp³-hybridized carbons (Fsp3) is 0.417. The van der Waals surface area contributed by atoms with E-state index in [0.29, 0.717) is 11.1 Å². The predicted octanol–water partition coefficient (Wildman–Crippen LogP) is 2.16. The number of phenolic OH excluding ortho intramolecular Hbond substituents is 1. The van der Waals surface area contributed by atoms with Crippen molar-refractivity contribution in [3.05, 3.63) is 29.3 Å². The number of nitrogens with one attached hydrogen (secondary N) is 1. The molecule has 0 fully saturated rings. The molecule has 16 heavy (non-hydrogen) atoms. The zero-order chi connectivity index (χ0) is 12.3. The molecule has 0 aliphatic rings. The van der Waals surface area contributed by atoms with Crippen molar-refractivity contribution in [2.24, 2.45) is 0 Å². The van der Waals surface area contributed by atoms with Gasteiger partial charge in [0.2, 0.25) is 0 Å². The van der Waals surface area contributed by atoms with E-state index in [2.05, 4.69) is 5.48 Å². The number of rotatable bonds is 2. The third kappa shape index (κ3) is 3.24. The van der Waals surface area contributed by atoms with Crippen molar-refractivity contribution in [3.63, 3.8) is 0 Å². The van der Waals surface area contributed by atoms with E-state index in [9.17, 15) is 9.90 Å². The van der Waals surface area contributed by atoms with Crippen molar-refractivity contribution in [2.75, 3.05) is 0 Å². The average molecular weight is 223 g/mol. The molecule has 0 heterocycles. The number of amides is 1. The van der Waals surface area contributed by atoms with E-state index in [1.165, 1.54) is 6.07 Å². The van der Waals surface area contributed by atoms with Crippen molar-refractivity contribution in [2.45, 2.75) is 33.3 Å². The summed E-state index contributed by atoms with van der Waals surface area (Å²) < 4.78 is 0. The Bertz CT molecular complexity index is 394. The van der Waals surface area contributed by atoms with Crippen LogP contribution in [0.2, 0.25) is 0 Å². The highest BCUT2D eigenvalue weighted by Crippen LogP contribution is 2.19. The fourth-order valence-corrected chi connectivity index (χ4v) is 1.12. The van der Waals surface area contributed by atoms with Crippen molar-refractivity contribution in [1.29, 1.82) is 0 Å². The van der Waals surface area contributed by atoms with Crippen LogP contribution in [0.5, 0.6) is 5.75 Å². The van der Waals surface area contributed by atoms with Crippen LogP contribution in [0.25, 0.3) is 0 Å². The number of hydrogen-bond acceptors (Lipinski definition) is 3. The Balaban J connectivity index is 2.78. The topological polar surface area (TPSA) is 58.6 Å². The lowest BCUT2D eigenvalue weighted by atomic mass is 10.1. The first-order valence-electron chi connectivity index (χ1n) is 5.08. The molecule has 0 aliphatic carbocycles. The molecule has 88 valence electrons. The zero-order valence-corrected chi connectivity index (χ0v) is 10.00. The Morgan fingerprint density at radius 1 is 1.38 bits per heavy atom. The first-order chi connectivity index (χ1) is 7.31. The van der Waals surface area contributed by atoms with Gasteiger partial charge in [-0.15, -0.1) is 0 Å². The Kier molecular flexibility index (Phi) is 3.55. The summed E-state index contributed by atoms with van der Waals surface area (Å²) in [5.41, 5.74) is 2.86. The highest BCUT2D eigenvalue weighted by Gasteiger charge is 2.16. The van der Waals surface area contributed by atoms with Gasteiger partial charge in [-0.2, -0.15) is 0 Å². The number of benzene rings is 1. The van der Waals surface area contributed by atoms with Crippen LogP contribution in [-0.4, -0.2) is 16.6 Å². The summed E-state index contributed by atoms with van der Waals surface area (Å²) in [5, 5.41) is 9.46. The van der Waals surface area contributed by atoms with Crippen LogP contribution in [0.1, 0.15) is 36.7 Å². The van der Waals surface area contributed by atoms with Gasteiger partial charge in [0.15, 0.2) is 0 Å². The number of phenols is 1. The van der Waals surface area contributed by atoms with Gasteiger partial charge in [-0.1, -0.05) is 6.07 Å². The van der Waals surface area contributed by atoms with Gasteiger partial charge in [-0.3, -0.25) is 9.63 Å². The quantitative estimate of drug-likeness (QED) is 0.755. The van der Waals surface area contributed by atoms with Crippen LogP contribution in [-0.2, 0) is 4.84 Å². The van der Waals surface area contributed by atoms with Gasteiger partial charge in [-0.05, 0) is 39.8 Å². The lowest BCUT2D eigenvalue weighted by Gasteiger charge is -2.19. The normalized spacial score (nSPS) is 11.2. The van der Waals surface area contributed by atoms with E-state index < -0.39 is 5.60 Å². The maximum Gasteiger partial charge on any atom is 0.275 e. The van der Waals surface area contributed by atoms with Crippen molar-refractivity contribution in [1.82, 2.24) is 5.48 Å². The number of hydroxylamine groups is 1. The van der Waals surface area contributed by atoms with E-state index in [1.807, 2.05) is 20.8 Å². The first-order valence-corrected chi connectivity index (χ1v) is 5.08. The van der Waals surface area contributed by atoms with Gasteiger partial charge in [-0.25, -0.2) is 5.48 Å². The minimum absolute atomic E-state index is 0.100. The van der Waals surface area contributed by atoms with Crippen molar-refractivity contribution < 1.29 is 14.7 Å².